The number of anilines is 1. The number of ketones is 1. The smallest absolute Gasteiger partial charge is 0.265 e. The van der Waals surface area contributed by atoms with Gasteiger partial charge in [0.2, 0.25) is 0 Å². The van der Waals surface area contributed by atoms with Gasteiger partial charge in [0, 0.05) is 11.3 Å². The van der Waals surface area contributed by atoms with Crippen molar-refractivity contribution in [3.8, 4) is 23.8 Å². The van der Waals surface area contributed by atoms with Crippen LogP contribution in [-0.2, 0) is 4.79 Å². The van der Waals surface area contributed by atoms with Gasteiger partial charge >= 0.3 is 0 Å². The summed E-state index contributed by atoms with van der Waals surface area (Å²) in [5.41, 5.74) is 1.15. The Balaban J connectivity index is 1.95. The Morgan fingerprint density at radius 2 is 1.88 bits per heavy atom. The van der Waals surface area contributed by atoms with Crippen LogP contribution in [0.3, 0.4) is 0 Å². The fraction of sp³-hybridized carbons (Fsp3) is 0.200. The van der Waals surface area contributed by atoms with Crippen LogP contribution >= 0.6 is 0 Å². The minimum atomic E-state index is -0.723. The largest absolute Gasteiger partial charge is 0.481 e. The second-order valence-electron chi connectivity index (χ2n) is 5.35. The van der Waals surface area contributed by atoms with Crippen LogP contribution in [0.5, 0.6) is 11.5 Å². The van der Waals surface area contributed by atoms with Crippen molar-refractivity contribution >= 4 is 17.4 Å². The average molecular weight is 337 g/mol. The van der Waals surface area contributed by atoms with E-state index in [1.807, 2.05) is 0 Å². The Kier molecular flexibility index (Phi) is 6.19. The van der Waals surface area contributed by atoms with Crippen LogP contribution < -0.4 is 14.8 Å². The summed E-state index contributed by atoms with van der Waals surface area (Å²) in [4.78, 5) is 23.6. The lowest BCUT2D eigenvalue weighted by Gasteiger charge is -2.15. The van der Waals surface area contributed by atoms with E-state index in [0.717, 1.165) is 0 Å². The van der Waals surface area contributed by atoms with Crippen molar-refractivity contribution in [1.29, 1.82) is 0 Å². The van der Waals surface area contributed by atoms with E-state index in [0.29, 0.717) is 22.7 Å². The van der Waals surface area contributed by atoms with Gasteiger partial charge in [0.1, 0.15) is 18.1 Å². The molecule has 2 rings (SSSR count). The lowest BCUT2D eigenvalue weighted by atomic mass is 10.1. The lowest BCUT2D eigenvalue weighted by Crippen LogP contribution is -2.30. The molecule has 5 nitrogen and oxygen atoms in total. The standard InChI is InChI=1S/C20H19NO4/c1-4-12-24-18-10-8-17(9-11-18)21-20(23)15(3)25-19-7-5-6-16(13-19)14(2)22/h1,5-11,13,15H,12H2,2-3H3,(H,21,23). The molecule has 25 heavy (non-hydrogen) atoms. The molecule has 0 aliphatic heterocycles. The maximum atomic E-state index is 12.2. The molecule has 1 unspecified atom stereocenters. The van der Waals surface area contributed by atoms with E-state index in [9.17, 15) is 9.59 Å². The molecule has 2 aromatic rings. The van der Waals surface area contributed by atoms with Crippen LogP contribution in [0.25, 0.3) is 0 Å². The van der Waals surface area contributed by atoms with Gasteiger partial charge in [-0.2, -0.15) is 0 Å². The number of rotatable bonds is 7. The van der Waals surface area contributed by atoms with Crippen LogP contribution in [0, 0.1) is 12.3 Å². The number of carbonyl (C=O) groups excluding carboxylic acids is 2. The fourth-order valence-electron chi connectivity index (χ4n) is 2.05. The van der Waals surface area contributed by atoms with E-state index in [4.69, 9.17) is 15.9 Å². The molecule has 1 atom stereocenters. The Labute approximate surface area is 147 Å². The van der Waals surface area contributed by atoms with Crippen molar-refractivity contribution < 1.29 is 19.1 Å². The summed E-state index contributed by atoms with van der Waals surface area (Å²) in [5, 5.41) is 2.76. The van der Waals surface area contributed by atoms with Gasteiger partial charge < -0.3 is 14.8 Å². The number of benzene rings is 2. The van der Waals surface area contributed by atoms with Crippen molar-refractivity contribution in [2.75, 3.05) is 11.9 Å². The third-order valence-corrected chi connectivity index (χ3v) is 3.37. The number of ether oxygens (including phenoxy) is 2. The number of nitrogens with one attached hydrogen (secondary N) is 1. The van der Waals surface area contributed by atoms with E-state index < -0.39 is 6.10 Å². The molecule has 0 saturated heterocycles. The van der Waals surface area contributed by atoms with Gasteiger partial charge in [-0.15, -0.1) is 6.42 Å². The van der Waals surface area contributed by atoms with Gasteiger partial charge in [-0.1, -0.05) is 18.1 Å². The summed E-state index contributed by atoms with van der Waals surface area (Å²) < 4.78 is 10.9. The normalized spacial score (nSPS) is 11.1. The number of terminal acetylenes is 1. The second kappa shape index (κ2) is 8.55. The molecule has 1 amide bonds. The molecule has 1 N–H and O–H groups in total. The van der Waals surface area contributed by atoms with Crippen LogP contribution in [0.1, 0.15) is 24.2 Å². The highest BCUT2D eigenvalue weighted by atomic mass is 16.5. The zero-order valence-electron chi connectivity index (χ0n) is 14.1. The third-order valence-electron chi connectivity index (χ3n) is 3.37. The van der Waals surface area contributed by atoms with Crippen molar-refractivity contribution in [2.45, 2.75) is 20.0 Å². The molecule has 2 aromatic carbocycles. The first kappa shape index (κ1) is 18.1. The molecule has 0 spiro atoms. The predicted molar refractivity (Wildman–Crippen MR) is 95.9 cm³/mol. The second-order valence-corrected chi connectivity index (χ2v) is 5.35. The van der Waals surface area contributed by atoms with Crippen LogP contribution in [0.15, 0.2) is 48.5 Å². The molecule has 0 saturated carbocycles. The molecule has 128 valence electrons. The van der Waals surface area contributed by atoms with Gasteiger partial charge in [0.05, 0.1) is 0 Å². The Hall–Kier alpha value is -3.26. The summed E-state index contributed by atoms with van der Waals surface area (Å²) in [5.74, 6) is 3.11. The summed E-state index contributed by atoms with van der Waals surface area (Å²) in [7, 11) is 0. The molecule has 0 aliphatic carbocycles. The van der Waals surface area contributed by atoms with E-state index in [-0.39, 0.29) is 18.3 Å². The summed E-state index contributed by atoms with van der Waals surface area (Å²) in [6, 6.07) is 13.6. The van der Waals surface area contributed by atoms with Crippen molar-refractivity contribution in [3.63, 3.8) is 0 Å². The minimum absolute atomic E-state index is 0.0605. The van der Waals surface area contributed by atoms with Crippen molar-refractivity contribution in [1.82, 2.24) is 0 Å². The monoisotopic (exact) mass is 337 g/mol. The summed E-state index contributed by atoms with van der Waals surface area (Å²) >= 11 is 0. The Bertz CT molecular complexity index is 790. The van der Waals surface area contributed by atoms with E-state index in [1.165, 1.54) is 6.92 Å². The van der Waals surface area contributed by atoms with E-state index >= 15 is 0 Å². The highest BCUT2D eigenvalue weighted by Crippen LogP contribution is 2.18. The molecule has 0 radical (unpaired) electrons. The van der Waals surface area contributed by atoms with Crippen molar-refractivity contribution in [2.24, 2.45) is 0 Å². The SMILES string of the molecule is C#CCOc1ccc(NC(=O)C(C)Oc2cccc(C(C)=O)c2)cc1. The maximum absolute atomic E-state index is 12.2. The zero-order chi connectivity index (χ0) is 18.2. The zero-order valence-corrected chi connectivity index (χ0v) is 14.1. The summed E-state index contributed by atoms with van der Waals surface area (Å²) in [6.45, 7) is 3.31. The number of amides is 1. The molecule has 0 fully saturated rings. The fourth-order valence-corrected chi connectivity index (χ4v) is 2.05. The first-order valence-electron chi connectivity index (χ1n) is 7.74. The van der Waals surface area contributed by atoms with Gasteiger partial charge in [0.15, 0.2) is 11.9 Å². The molecular formula is C20H19NO4. The van der Waals surface area contributed by atoms with Crippen LogP contribution in [-0.4, -0.2) is 24.4 Å². The number of Topliss-reactive ketones (excluding diaryl/α,β-unsaturated/α-hetero) is 1. The minimum Gasteiger partial charge on any atom is -0.481 e. The first-order chi connectivity index (χ1) is 12.0. The van der Waals surface area contributed by atoms with Crippen LogP contribution in [0.4, 0.5) is 5.69 Å². The molecule has 0 aliphatic rings. The quantitative estimate of drug-likeness (QED) is 0.622. The predicted octanol–water partition coefficient (Wildman–Crippen LogP) is 3.31. The topological polar surface area (TPSA) is 64.6 Å². The van der Waals surface area contributed by atoms with Gasteiger partial charge in [-0.3, -0.25) is 9.59 Å². The Morgan fingerprint density at radius 1 is 1.16 bits per heavy atom. The van der Waals surface area contributed by atoms with Gasteiger partial charge in [-0.25, -0.2) is 0 Å². The molecule has 5 heteroatoms. The maximum Gasteiger partial charge on any atom is 0.265 e. The Morgan fingerprint density at radius 3 is 2.52 bits per heavy atom. The number of hydrogen-bond donors (Lipinski definition) is 1. The first-order valence-corrected chi connectivity index (χ1v) is 7.74. The van der Waals surface area contributed by atoms with Gasteiger partial charge in [-0.05, 0) is 50.2 Å². The summed E-state index contributed by atoms with van der Waals surface area (Å²) in [6.07, 6.45) is 4.41. The third kappa shape index (κ3) is 5.40. The molecule has 0 aromatic heterocycles. The average Bonchev–Trinajstić information content (AvgIpc) is 2.61. The number of carbonyl (C=O) groups is 2. The highest BCUT2D eigenvalue weighted by Gasteiger charge is 2.15. The van der Waals surface area contributed by atoms with Gasteiger partial charge in [0.25, 0.3) is 5.91 Å². The van der Waals surface area contributed by atoms with E-state index in [1.54, 1.807) is 55.5 Å². The number of hydrogen-bond acceptors (Lipinski definition) is 4. The van der Waals surface area contributed by atoms with E-state index in [2.05, 4.69) is 11.2 Å². The molecular weight excluding hydrogens is 318 g/mol. The van der Waals surface area contributed by atoms with Crippen molar-refractivity contribution in [3.05, 3.63) is 54.1 Å². The van der Waals surface area contributed by atoms with Crippen LogP contribution in [0.2, 0.25) is 0 Å². The molecule has 0 bridgehead atoms. The lowest BCUT2D eigenvalue weighted by molar-refractivity contribution is -0.122. The molecule has 0 heterocycles. The highest BCUT2D eigenvalue weighted by molar-refractivity contribution is 5.95.